The van der Waals surface area contributed by atoms with Crippen molar-refractivity contribution in [3.63, 3.8) is 0 Å². The van der Waals surface area contributed by atoms with Gasteiger partial charge in [0.1, 0.15) is 5.82 Å². The maximum atomic E-state index is 11.8. The molecule has 0 spiro atoms. The zero-order valence-corrected chi connectivity index (χ0v) is 15.7. The van der Waals surface area contributed by atoms with Gasteiger partial charge in [-0.2, -0.15) is 12.7 Å². The second-order valence-corrected chi connectivity index (χ2v) is 8.76. The molecule has 0 radical (unpaired) electrons. The number of imidazole rings is 1. The summed E-state index contributed by atoms with van der Waals surface area (Å²) in [5.74, 6) is 0.974. The summed E-state index contributed by atoms with van der Waals surface area (Å²) < 4.78 is 27.5. The minimum absolute atomic E-state index is 0.381. The molecule has 2 N–H and O–H groups in total. The lowest BCUT2D eigenvalue weighted by atomic mass is 9.99. The van der Waals surface area contributed by atoms with E-state index >= 15 is 0 Å². The standard InChI is InChI=1S/C17H27N5O2S/c1-21(2)25(23,24)18-11-10-14-7-5-6-12-22(14)13-17-19-15-8-3-4-9-16(15)20-17/h3-4,8-9,14,18H,5-7,10-13H2,1-2H3,(H,19,20)/t14-/m0/s1. The highest BCUT2D eigenvalue weighted by Gasteiger charge is 2.24. The average Bonchev–Trinajstić information content (AvgIpc) is 2.98. The molecule has 3 rings (SSSR count). The monoisotopic (exact) mass is 365 g/mol. The summed E-state index contributed by atoms with van der Waals surface area (Å²) in [5, 5.41) is 0. The molecule has 7 nitrogen and oxygen atoms in total. The van der Waals surface area contributed by atoms with Crippen molar-refractivity contribution in [2.75, 3.05) is 27.2 Å². The SMILES string of the molecule is CN(C)S(=O)(=O)NCC[C@@H]1CCCCN1Cc1nc2ccccc2[nH]1. The molecule has 1 aromatic heterocycles. The van der Waals surface area contributed by atoms with Gasteiger partial charge in [0.2, 0.25) is 0 Å². The number of aromatic nitrogens is 2. The number of hydrogen-bond acceptors (Lipinski definition) is 4. The van der Waals surface area contributed by atoms with Gasteiger partial charge in [-0.25, -0.2) is 9.71 Å². The van der Waals surface area contributed by atoms with Gasteiger partial charge in [0.15, 0.2) is 0 Å². The minimum Gasteiger partial charge on any atom is -0.341 e. The van der Waals surface area contributed by atoms with Gasteiger partial charge in [0.25, 0.3) is 10.2 Å². The lowest BCUT2D eigenvalue weighted by Crippen LogP contribution is -2.42. The van der Waals surface area contributed by atoms with Crippen LogP contribution in [0.5, 0.6) is 0 Å². The number of H-pyrrole nitrogens is 1. The summed E-state index contributed by atoms with van der Waals surface area (Å²) >= 11 is 0. The lowest BCUT2D eigenvalue weighted by Gasteiger charge is -2.35. The third-order valence-corrected chi connectivity index (χ3v) is 6.31. The van der Waals surface area contributed by atoms with E-state index in [-0.39, 0.29) is 0 Å². The molecule has 1 aromatic carbocycles. The van der Waals surface area contributed by atoms with Crippen molar-refractivity contribution >= 4 is 21.2 Å². The van der Waals surface area contributed by atoms with E-state index in [0.29, 0.717) is 12.6 Å². The smallest absolute Gasteiger partial charge is 0.278 e. The predicted octanol–water partition coefficient (Wildman–Crippen LogP) is 1.70. The van der Waals surface area contributed by atoms with Crippen LogP contribution in [-0.2, 0) is 16.8 Å². The molecule has 2 aromatic rings. The van der Waals surface area contributed by atoms with E-state index in [9.17, 15) is 8.42 Å². The predicted molar refractivity (Wildman–Crippen MR) is 99.4 cm³/mol. The normalized spacial score (nSPS) is 19.7. The Kier molecular flexibility index (Phi) is 5.73. The molecular formula is C17H27N5O2S. The van der Waals surface area contributed by atoms with Gasteiger partial charge in [0.05, 0.1) is 17.6 Å². The highest BCUT2D eigenvalue weighted by molar-refractivity contribution is 7.87. The Morgan fingerprint density at radius 3 is 2.88 bits per heavy atom. The summed E-state index contributed by atoms with van der Waals surface area (Å²) in [6.07, 6.45) is 4.29. The fraction of sp³-hybridized carbons (Fsp3) is 0.588. The van der Waals surface area contributed by atoms with Crippen molar-refractivity contribution in [1.29, 1.82) is 0 Å². The molecule has 0 aliphatic carbocycles. The largest absolute Gasteiger partial charge is 0.341 e. The van der Waals surface area contributed by atoms with Crippen LogP contribution in [0.1, 0.15) is 31.5 Å². The van der Waals surface area contributed by atoms with Crippen LogP contribution in [-0.4, -0.2) is 60.8 Å². The van der Waals surface area contributed by atoms with Gasteiger partial charge >= 0.3 is 0 Å². The third kappa shape index (κ3) is 4.58. The zero-order valence-electron chi connectivity index (χ0n) is 14.9. The van der Waals surface area contributed by atoms with Crippen LogP contribution < -0.4 is 4.72 Å². The second kappa shape index (κ2) is 7.82. The highest BCUT2D eigenvalue weighted by Crippen LogP contribution is 2.22. The Bertz CT molecular complexity index is 769. The van der Waals surface area contributed by atoms with Crippen LogP contribution in [0.15, 0.2) is 24.3 Å². The van der Waals surface area contributed by atoms with E-state index in [1.807, 2.05) is 24.3 Å². The van der Waals surface area contributed by atoms with Crippen molar-refractivity contribution in [3.8, 4) is 0 Å². The molecule has 1 aliphatic heterocycles. The highest BCUT2D eigenvalue weighted by atomic mass is 32.2. The fourth-order valence-electron chi connectivity index (χ4n) is 3.35. The first-order valence-corrected chi connectivity index (χ1v) is 10.2. The number of nitrogens with one attached hydrogen (secondary N) is 2. The average molecular weight is 366 g/mol. The van der Waals surface area contributed by atoms with E-state index in [0.717, 1.165) is 42.8 Å². The second-order valence-electron chi connectivity index (χ2n) is 6.79. The van der Waals surface area contributed by atoms with Gasteiger partial charge in [-0.15, -0.1) is 0 Å². The van der Waals surface area contributed by atoms with Crippen LogP contribution in [0.2, 0.25) is 0 Å². The summed E-state index contributed by atoms with van der Waals surface area (Å²) in [5.41, 5.74) is 2.05. The minimum atomic E-state index is -3.35. The number of para-hydroxylation sites is 2. The van der Waals surface area contributed by atoms with Crippen molar-refractivity contribution in [2.45, 2.75) is 38.3 Å². The first-order chi connectivity index (χ1) is 12.0. The molecule has 2 heterocycles. The van der Waals surface area contributed by atoms with E-state index in [4.69, 9.17) is 0 Å². The van der Waals surface area contributed by atoms with Crippen molar-refractivity contribution in [2.24, 2.45) is 0 Å². The third-order valence-electron chi connectivity index (χ3n) is 4.78. The molecule has 0 amide bonds. The number of fused-ring (bicyclic) bond motifs is 1. The maximum Gasteiger partial charge on any atom is 0.278 e. The Labute approximate surface area is 149 Å². The number of hydrogen-bond donors (Lipinski definition) is 2. The van der Waals surface area contributed by atoms with Crippen LogP contribution in [0, 0.1) is 0 Å². The summed E-state index contributed by atoms with van der Waals surface area (Å²) in [4.78, 5) is 10.5. The van der Waals surface area contributed by atoms with Crippen LogP contribution in [0.4, 0.5) is 0 Å². The van der Waals surface area contributed by atoms with Gasteiger partial charge < -0.3 is 4.98 Å². The van der Waals surface area contributed by atoms with Crippen molar-refractivity contribution in [3.05, 3.63) is 30.1 Å². The topological polar surface area (TPSA) is 81.3 Å². The molecule has 1 fully saturated rings. The quantitative estimate of drug-likeness (QED) is 0.783. The van der Waals surface area contributed by atoms with Gasteiger partial charge in [-0.05, 0) is 37.9 Å². The van der Waals surface area contributed by atoms with Crippen LogP contribution in [0.3, 0.4) is 0 Å². The number of benzene rings is 1. The number of likely N-dealkylation sites (tertiary alicyclic amines) is 1. The van der Waals surface area contributed by atoms with Gasteiger partial charge in [-0.1, -0.05) is 18.6 Å². The van der Waals surface area contributed by atoms with Crippen molar-refractivity contribution in [1.82, 2.24) is 23.9 Å². The van der Waals surface area contributed by atoms with Crippen molar-refractivity contribution < 1.29 is 8.42 Å². The number of piperidine rings is 1. The van der Waals surface area contributed by atoms with Gasteiger partial charge in [-0.3, -0.25) is 4.90 Å². The molecule has 138 valence electrons. The number of nitrogens with zero attached hydrogens (tertiary/aromatic N) is 3. The molecular weight excluding hydrogens is 338 g/mol. The summed E-state index contributed by atoms with van der Waals surface area (Å²) in [7, 11) is -0.269. The molecule has 8 heteroatoms. The van der Waals surface area contributed by atoms with Crippen LogP contribution in [0.25, 0.3) is 11.0 Å². The Balaban J connectivity index is 1.60. The summed E-state index contributed by atoms with van der Waals surface area (Å²) in [6.45, 7) is 2.27. The van der Waals surface area contributed by atoms with E-state index < -0.39 is 10.2 Å². The Morgan fingerprint density at radius 2 is 2.12 bits per heavy atom. The molecule has 25 heavy (non-hydrogen) atoms. The molecule has 1 saturated heterocycles. The zero-order chi connectivity index (χ0) is 17.9. The Morgan fingerprint density at radius 1 is 1.32 bits per heavy atom. The molecule has 0 bridgehead atoms. The fourth-order valence-corrected chi connectivity index (χ4v) is 3.99. The molecule has 1 aliphatic rings. The maximum absolute atomic E-state index is 11.8. The summed E-state index contributed by atoms with van der Waals surface area (Å²) in [6, 6.07) is 8.43. The molecule has 1 atom stereocenters. The van der Waals surface area contributed by atoms with E-state index in [2.05, 4.69) is 19.6 Å². The number of rotatable bonds is 7. The first kappa shape index (κ1) is 18.3. The molecule has 0 unspecified atom stereocenters. The Hall–Kier alpha value is -1.48. The van der Waals surface area contributed by atoms with E-state index in [1.54, 1.807) is 0 Å². The first-order valence-electron chi connectivity index (χ1n) is 8.80. The molecule has 0 saturated carbocycles. The number of aromatic amines is 1. The van der Waals surface area contributed by atoms with Crippen LogP contribution >= 0.6 is 0 Å². The van der Waals surface area contributed by atoms with Gasteiger partial charge in [0, 0.05) is 26.7 Å². The lowest BCUT2D eigenvalue weighted by molar-refractivity contribution is 0.130. The van der Waals surface area contributed by atoms with E-state index in [1.165, 1.54) is 31.2 Å².